The van der Waals surface area contributed by atoms with Crippen LogP contribution in [-0.2, 0) is 0 Å². The van der Waals surface area contributed by atoms with Gasteiger partial charge in [-0.05, 0) is 37.8 Å². The summed E-state index contributed by atoms with van der Waals surface area (Å²) < 4.78 is 0. The molecule has 0 spiro atoms. The lowest BCUT2D eigenvalue weighted by molar-refractivity contribution is 0.0526. The van der Waals surface area contributed by atoms with Crippen LogP contribution in [-0.4, -0.2) is 49.9 Å². The second-order valence-corrected chi connectivity index (χ2v) is 6.06. The summed E-state index contributed by atoms with van der Waals surface area (Å²) in [6.45, 7) is 5.20. The Labute approximate surface area is 135 Å². The van der Waals surface area contributed by atoms with Crippen LogP contribution >= 0.6 is 0 Å². The van der Waals surface area contributed by atoms with Crippen molar-refractivity contribution in [3.05, 3.63) is 35.9 Å². The third-order valence-corrected chi connectivity index (χ3v) is 4.47. The molecule has 122 valence electrons. The number of rotatable bonds is 3. The van der Waals surface area contributed by atoms with Gasteiger partial charge in [0, 0.05) is 24.8 Å². The van der Waals surface area contributed by atoms with Crippen molar-refractivity contribution in [1.29, 1.82) is 0 Å². The van der Waals surface area contributed by atoms with Gasteiger partial charge in [-0.25, -0.2) is 4.98 Å². The average Bonchev–Trinajstić information content (AvgIpc) is 3.08. The highest BCUT2D eigenvalue weighted by atomic mass is 16.2. The molecule has 1 unspecified atom stereocenters. The predicted octanol–water partition coefficient (Wildman–Crippen LogP) is 1.17. The molecule has 2 aromatic heterocycles. The molecule has 1 amide bonds. The fraction of sp³-hybridized carbons (Fsp3) is 0.500. The first-order valence-electron chi connectivity index (χ1n) is 7.97. The SMILES string of the molecule is Cc1ccc(-n2nccn2)c(C(=O)N2CCC[C@@H](C)C2CN)n1. The van der Waals surface area contributed by atoms with Crippen LogP contribution in [0.2, 0.25) is 0 Å². The fourth-order valence-electron chi connectivity index (χ4n) is 3.21. The first-order chi connectivity index (χ1) is 11.1. The summed E-state index contributed by atoms with van der Waals surface area (Å²) in [5.74, 6) is 0.303. The van der Waals surface area contributed by atoms with Crippen LogP contribution in [0.25, 0.3) is 5.69 Å². The van der Waals surface area contributed by atoms with Crippen molar-refractivity contribution in [2.45, 2.75) is 32.7 Å². The predicted molar refractivity (Wildman–Crippen MR) is 86.2 cm³/mol. The molecule has 1 fully saturated rings. The van der Waals surface area contributed by atoms with Crippen LogP contribution in [0, 0.1) is 12.8 Å². The zero-order chi connectivity index (χ0) is 16.4. The fourth-order valence-corrected chi connectivity index (χ4v) is 3.21. The van der Waals surface area contributed by atoms with Gasteiger partial charge in [0.05, 0.1) is 12.4 Å². The molecular weight excluding hydrogens is 292 g/mol. The molecule has 1 saturated heterocycles. The molecule has 1 aliphatic rings. The summed E-state index contributed by atoms with van der Waals surface area (Å²) in [5, 5.41) is 8.26. The van der Waals surface area contributed by atoms with E-state index in [1.165, 1.54) is 4.80 Å². The van der Waals surface area contributed by atoms with Gasteiger partial charge in [-0.3, -0.25) is 4.79 Å². The van der Waals surface area contributed by atoms with Crippen LogP contribution in [0.3, 0.4) is 0 Å². The zero-order valence-corrected chi connectivity index (χ0v) is 13.5. The Hall–Kier alpha value is -2.28. The molecule has 2 aromatic rings. The normalized spacial score (nSPS) is 21.4. The summed E-state index contributed by atoms with van der Waals surface area (Å²) in [6.07, 6.45) is 5.25. The number of hydrogen-bond donors (Lipinski definition) is 1. The number of carbonyl (C=O) groups is 1. The summed E-state index contributed by atoms with van der Waals surface area (Å²) >= 11 is 0. The Kier molecular flexibility index (Phi) is 4.38. The van der Waals surface area contributed by atoms with E-state index in [1.807, 2.05) is 24.0 Å². The second-order valence-electron chi connectivity index (χ2n) is 6.06. The third-order valence-electron chi connectivity index (χ3n) is 4.47. The van der Waals surface area contributed by atoms with Gasteiger partial charge < -0.3 is 10.6 Å². The van der Waals surface area contributed by atoms with Crippen LogP contribution in [0.5, 0.6) is 0 Å². The average molecular weight is 314 g/mol. The maximum atomic E-state index is 13.1. The summed E-state index contributed by atoms with van der Waals surface area (Å²) in [6, 6.07) is 3.74. The number of likely N-dealkylation sites (tertiary alicyclic amines) is 1. The number of nitrogens with two attached hydrogens (primary N) is 1. The first-order valence-corrected chi connectivity index (χ1v) is 7.97. The molecule has 0 saturated carbocycles. The van der Waals surface area contributed by atoms with Gasteiger partial charge >= 0.3 is 0 Å². The first kappa shape index (κ1) is 15.6. The number of nitrogens with zero attached hydrogens (tertiary/aromatic N) is 5. The maximum absolute atomic E-state index is 13.1. The Morgan fingerprint density at radius 3 is 2.78 bits per heavy atom. The number of carbonyl (C=O) groups excluding carboxylic acids is 1. The van der Waals surface area contributed by atoms with Gasteiger partial charge in [-0.15, -0.1) is 4.80 Å². The van der Waals surface area contributed by atoms with Gasteiger partial charge in [-0.2, -0.15) is 10.2 Å². The zero-order valence-electron chi connectivity index (χ0n) is 13.5. The summed E-state index contributed by atoms with van der Waals surface area (Å²) in [4.78, 5) is 20.9. The van der Waals surface area contributed by atoms with E-state index in [0.717, 1.165) is 18.5 Å². The van der Waals surface area contributed by atoms with Crippen LogP contribution < -0.4 is 5.73 Å². The highest BCUT2D eigenvalue weighted by Crippen LogP contribution is 2.25. The number of pyridine rings is 1. The maximum Gasteiger partial charge on any atom is 0.275 e. The molecule has 2 atom stereocenters. The number of piperidine rings is 1. The number of aryl methyl sites for hydroxylation is 1. The summed E-state index contributed by atoms with van der Waals surface area (Å²) in [7, 11) is 0. The van der Waals surface area contributed by atoms with Crippen molar-refractivity contribution >= 4 is 5.91 Å². The molecule has 0 radical (unpaired) electrons. The lowest BCUT2D eigenvalue weighted by Gasteiger charge is -2.39. The van der Waals surface area contributed by atoms with Crippen molar-refractivity contribution in [2.75, 3.05) is 13.1 Å². The van der Waals surface area contributed by atoms with Crippen LogP contribution in [0.4, 0.5) is 0 Å². The Balaban J connectivity index is 2.00. The minimum absolute atomic E-state index is 0.0528. The van der Waals surface area contributed by atoms with Gasteiger partial charge in [0.15, 0.2) is 5.69 Å². The molecule has 0 aliphatic carbocycles. The lowest BCUT2D eigenvalue weighted by atomic mass is 9.90. The third kappa shape index (κ3) is 2.96. The van der Waals surface area contributed by atoms with Gasteiger partial charge in [-0.1, -0.05) is 6.92 Å². The second kappa shape index (κ2) is 6.45. The molecule has 3 rings (SSSR count). The smallest absolute Gasteiger partial charge is 0.275 e. The van der Waals surface area contributed by atoms with E-state index in [1.54, 1.807) is 12.4 Å². The van der Waals surface area contributed by atoms with E-state index in [4.69, 9.17) is 5.73 Å². The molecular formula is C16H22N6O. The molecule has 1 aliphatic heterocycles. The highest BCUT2D eigenvalue weighted by Gasteiger charge is 2.33. The van der Waals surface area contributed by atoms with E-state index in [-0.39, 0.29) is 11.9 Å². The quantitative estimate of drug-likeness (QED) is 0.918. The van der Waals surface area contributed by atoms with Crippen molar-refractivity contribution in [1.82, 2.24) is 24.9 Å². The minimum atomic E-state index is -0.0944. The van der Waals surface area contributed by atoms with Crippen molar-refractivity contribution < 1.29 is 4.79 Å². The summed E-state index contributed by atoms with van der Waals surface area (Å²) in [5.41, 5.74) is 7.69. The number of hydrogen-bond acceptors (Lipinski definition) is 5. The molecule has 23 heavy (non-hydrogen) atoms. The monoisotopic (exact) mass is 314 g/mol. The number of aromatic nitrogens is 4. The van der Waals surface area contributed by atoms with Crippen LogP contribution in [0.1, 0.15) is 35.9 Å². The van der Waals surface area contributed by atoms with Gasteiger partial charge in [0.2, 0.25) is 0 Å². The van der Waals surface area contributed by atoms with Crippen molar-refractivity contribution in [2.24, 2.45) is 11.7 Å². The van der Waals surface area contributed by atoms with Crippen molar-refractivity contribution in [3.63, 3.8) is 0 Å². The molecule has 2 N–H and O–H groups in total. The Morgan fingerprint density at radius 1 is 1.35 bits per heavy atom. The Morgan fingerprint density at radius 2 is 2.09 bits per heavy atom. The number of amides is 1. The van der Waals surface area contributed by atoms with E-state index in [9.17, 15) is 4.79 Å². The Bertz CT molecular complexity index is 684. The lowest BCUT2D eigenvalue weighted by Crippen LogP contribution is -2.51. The topological polar surface area (TPSA) is 89.9 Å². The van der Waals surface area contributed by atoms with E-state index in [2.05, 4.69) is 22.1 Å². The molecule has 3 heterocycles. The molecule has 0 aromatic carbocycles. The molecule has 7 heteroatoms. The van der Waals surface area contributed by atoms with Gasteiger partial charge in [0.1, 0.15) is 5.69 Å². The van der Waals surface area contributed by atoms with Crippen LogP contribution in [0.15, 0.2) is 24.5 Å². The van der Waals surface area contributed by atoms with E-state index < -0.39 is 0 Å². The van der Waals surface area contributed by atoms with E-state index >= 15 is 0 Å². The van der Waals surface area contributed by atoms with Gasteiger partial charge in [0.25, 0.3) is 5.91 Å². The standard InChI is InChI=1S/C16H22N6O/c1-11-4-3-9-21(14(11)10-17)16(23)15-13(6-5-12(2)20-15)22-18-7-8-19-22/h5-8,11,14H,3-4,9-10,17H2,1-2H3/t11-,14?/m1/s1. The largest absolute Gasteiger partial charge is 0.333 e. The molecule has 0 bridgehead atoms. The molecule has 7 nitrogen and oxygen atoms in total. The minimum Gasteiger partial charge on any atom is -0.333 e. The van der Waals surface area contributed by atoms with E-state index in [0.29, 0.717) is 30.4 Å². The highest BCUT2D eigenvalue weighted by molar-refractivity contribution is 5.96. The van der Waals surface area contributed by atoms with Crippen molar-refractivity contribution in [3.8, 4) is 5.69 Å².